The molecule has 0 radical (unpaired) electrons. The number of aliphatic hydroxyl groups excluding tert-OH is 1. The molecule has 24 heavy (non-hydrogen) atoms. The average Bonchev–Trinajstić information content (AvgIpc) is 3.22. The third kappa shape index (κ3) is 3.89. The summed E-state index contributed by atoms with van der Waals surface area (Å²) in [4.78, 5) is 19.7. The molecule has 2 fully saturated rings. The standard InChI is InChI=1S/C17H28N4O3/c1-13(22)15-12-21(11-10-19-6-2-3-7-19)16(18-15)14-4-8-20(9-5-14)17(23)24/h12-14,22H,2-11H2,1H3,(H,23,24). The second-order valence-electron chi connectivity index (χ2n) is 6.99. The highest BCUT2D eigenvalue weighted by atomic mass is 16.4. The first kappa shape index (κ1) is 17.2. The number of amides is 1. The topological polar surface area (TPSA) is 81.8 Å². The van der Waals surface area contributed by atoms with E-state index < -0.39 is 12.2 Å². The van der Waals surface area contributed by atoms with Gasteiger partial charge in [0, 0.05) is 38.3 Å². The quantitative estimate of drug-likeness (QED) is 0.858. The largest absolute Gasteiger partial charge is 0.465 e. The van der Waals surface area contributed by atoms with Crippen molar-refractivity contribution >= 4 is 6.09 Å². The first-order valence-electron chi connectivity index (χ1n) is 9.00. The van der Waals surface area contributed by atoms with Crippen LogP contribution in [0.2, 0.25) is 0 Å². The Morgan fingerprint density at radius 3 is 2.50 bits per heavy atom. The molecule has 2 aliphatic heterocycles. The molecule has 134 valence electrons. The summed E-state index contributed by atoms with van der Waals surface area (Å²) >= 11 is 0. The van der Waals surface area contributed by atoms with Gasteiger partial charge in [0.05, 0.1) is 11.8 Å². The van der Waals surface area contributed by atoms with Crippen LogP contribution < -0.4 is 0 Å². The number of carbonyl (C=O) groups is 1. The molecule has 1 aromatic heterocycles. The van der Waals surface area contributed by atoms with Gasteiger partial charge >= 0.3 is 6.09 Å². The van der Waals surface area contributed by atoms with Crippen molar-refractivity contribution in [1.29, 1.82) is 0 Å². The Kier molecular flexibility index (Phi) is 5.40. The van der Waals surface area contributed by atoms with E-state index in [1.54, 1.807) is 6.92 Å². The van der Waals surface area contributed by atoms with Crippen LogP contribution in [0.15, 0.2) is 6.20 Å². The van der Waals surface area contributed by atoms with E-state index in [0.717, 1.165) is 31.8 Å². The van der Waals surface area contributed by atoms with E-state index in [2.05, 4.69) is 14.5 Å². The summed E-state index contributed by atoms with van der Waals surface area (Å²) in [6, 6.07) is 0. The van der Waals surface area contributed by atoms with E-state index in [1.807, 2.05) is 6.20 Å². The fourth-order valence-corrected chi connectivity index (χ4v) is 3.74. The Labute approximate surface area is 142 Å². The number of nitrogens with zero attached hydrogens (tertiary/aromatic N) is 4. The zero-order chi connectivity index (χ0) is 17.1. The molecule has 1 amide bonds. The van der Waals surface area contributed by atoms with Crippen molar-refractivity contribution in [3.8, 4) is 0 Å². The summed E-state index contributed by atoms with van der Waals surface area (Å²) in [5, 5.41) is 19.0. The molecule has 3 rings (SSSR count). The average molecular weight is 336 g/mol. The Balaban J connectivity index is 1.69. The third-order valence-electron chi connectivity index (χ3n) is 5.24. The number of aliphatic hydroxyl groups is 1. The molecule has 0 aromatic carbocycles. The van der Waals surface area contributed by atoms with Crippen molar-refractivity contribution < 1.29 is 15.0 Å². The normalized spacial score (nSPS) is 21.3. The van der Waals surface area contributed by atoms with Gasteiger partial charge in [0.15, 0.2) is 0 Å². The van der Waals surface area contributed by atoms with E-state index in [-0.39, 0.29) is 5.92 Å². The highest BCUT2D eigenvalue weighted by Crippen LogP contribution is 2.29. The van der Waals surface area contributed by atoms with Gasteiger partial charge in [-0.25, -0.2) is 9.78 Å². The number of likely N-dealkylation sites (tertiary alicyclic amines) is 2. The van der Waals surface area contributed by atoms with Crippen molar-refractivity contribution in [3.05, 3.63) is 17.7 Å². The SMILES string of the molecule is CC(O)c1cn(CCN2CCCC2)c(C2CCN(C(=O)O)CC2)n1. The summed E-state index contributed by atoms with van der Waals surface area (Å²) in [5.41, 5.74) is 0.715. The van der Waals surface area contributed by atoms with Crippen molar-refractivity contribution in [2.45, 2.75) is 51.2 Å². The zero-order valence-electron chi connectivity index (χ0n) is 14.4. The molecule has 0 aliphatic carbocycles. The molecule has 0 spiro atoms. The van der Waals surface area contributed by atoms with Crippen LogP contribution in [0.3, 0.4) is 0 Å². The molecule has 2 N–H and O–H groups in total. The van der Waals surface area contributed by atoms with E-state index >= 15 is 0 Å². The van der Waals surface area contributed by atoms with Gasteiger partial charge in [-0.1, -0.05) is 0 Å². The predicted octanol–water partition coefficient (Wildman–Crippen LogP) is 1.89. The minimum Gasteiger partial charge on any atom is -0.465 e. The Morgan fingerprint density at radius 2 is 1.92 bits per heavy atom. The van der Waals surface area contributed by atoms with Crippen molar-refractivity contribution in [2.75, 3.05) is 32.7 Å². The number of carboxylic acid groups (broad SMARTS) is 1. The number of piperidine rings is 1. The van der Waals surface area contributed by atoms with Gasteiger partial charge in [0.2, 0.25) is 0 Å². The minimum atomic E-state index is -0.838. The van der Waals surface area contributed by atoms with Gasteiger partial charge < -0.3 is 24.6 Å². The number of hydrogen-bond donors (Lipinski definition) is 2. The molecular formula is C17H28N4O3. The van der Waals surface area contributed by atoms with Crippen LogP contribution in [-0.4, -0.2) is 68.4 Å². The predicted molar refractivity (Wildman–Crippen MR) is 90.1 cm³/mol. The van der Waals surface area contributed by atoms with E-state index in [4.69, 9.17) is 5.11 Å². The third-order valence-corrected chi connectivity index (χ3v) is 5.24. The number of hydrogen-bond acceptors (Lipinski definition) is 4. The lowest BCUT2D eigenvalue weighted by atomic mass is 9.96. The zero-order valence-corrected chi connectivity index (χ0v) is 14.4. The van der Waals surface area contributed by atoms with Gasteiger partial charge in [-0.3, -0.25) is 0 Å². The first-order chi connectivity index (χ1) is 11.5. The van der Waals surface area contributed by atoms with E-state index in [9.17, 15) is 9.90 Å². The summed E-state index contributed by atoms with van der Waals surface area (Å²) in [7, 11) is 0. The molecular weight excluding hydrogens is 308 g/mol. The molecule has 7 heteroatoms. The molecule has 2 saturated heterocycles. The molecule has 1 unspecified atom stereocenters. The molecule has 3 heterocycles. The van der Waals surface area contributed by atoms with Crippen LogP contribution in [0.4, 0.5) is 4.79 Å². The maximum Gasteiger partial charge on any atom is 0.407 e. The number of aromatic nitrogens is 2. The van der Waals surface area contributed by atoms with Crippen LogP contribution in [0, 0.1) is 0 Å². The lowest BCUT2D eigenvalue weighted by Crippen LogP contribution is -2.37. The summed E-state index contributed by atoms with van der Waals surface area (Å²) in [6.07, 6.45) is 4.72. The van der Waals surface area contributed by atoms with Gasteiger partial charge in [-0.15, -0.1) is 0 Å². The van der Waals surface area contributed by atoms with Crippen molar-refractivity contribution in [3.63, 3.8) is 0 Å². The molecule has 0 bridgehead atoms. The fraction of sp³-hybridized carbons (Fsp3) is 0.765. The number of rotatable bonds is 5. The van der Waals surface area contributed by atoms with Crippen LogP contribution in [0.25, 0.3) is 0 Å². The fourth-order valence-electron chi connectivity index (χ4n) is 3.74. The monoisotopic (exact) mass is 336 g/mol. The van der Waals surface area contributed by atoms with Crippen LogP contribution in [-0.2, 0) is 6.54 Å². The second kappa shape index (κ2) is 7.53. The van der Waals surface area contributed by atoms with E-state index in [1.165, 1.54) is 30.8 Å². The van der Waals surface area contributed by atoms with Crippen molar-refractivity contribution in [2.24, 2.45) is 0 Å². The van der Waals surface area contributed by atoms with Crippen molar-refractivity contribution in [1.82, 2.24) is 19.4 Å². The first-order valence-corrected chi connectivity index (χ1v) is 9.00. The minimum absolute atomic E-state index is 0.270. The lowest BCUT2D eigenvalue weighted by Gasteiger charge is -2.30. The van der Waals surface area contributed by atoms with E-state index in [0.29, 0.717) is 18.8 Å². The molecule has 0 saturated carbocycles. The second-order valence-corrected chi connectivity index (χ2v) is 6.99. The van der Waals surface area contributed by atoms with Crippen LogP contribution >= 0.6 is 0 Å². The van der Waals surface area contributed by atoms with Crippen LogP contribution in [0.5, 0.6) is 0 Å². The molecule has 7 nitrogen and oxygen atoms in total. The van der Waals surface area contributed by atoms with Crippen LogP contribution in [0.1, 0.15) is 56.1 Å². The Hall–Kier alpha value is -1.60. The number of imidazole rings is 1. The highest BCUT2D eigenvalue weighted by Gasteiger charge is 2.27. The highest BCUT2D eigenvalue weighted by molar-refractivity contribution is 5.65. The lowest BCUT2D eigenvalue weighted by molar-refractivity contribution is 0.131. The Bertz CT molecular complexity index is 558. The van der Waals surface area contributed by atoms with Gasteiger partial charge in [-0.05, 0) is 45.7 Å². The summed E-state index contributed by atoms with van der Waals surface area (Å²) in [5.74, 6) is 1.28. The molecule has 1 aromatic rings. The van der Waals surface area contributed by atoms with Gasteiger partial charge in [0.25, 0.3) is 0 Å². The molecule has 1 atom stereocenters. The molecule has 2 aliphatic rings. The maximum absolute atomic E-state index is 11.1. The maximum atomic E-state index is 11.1. The van der Waals surface area contributed by atoms with Gasteiger partial charge in [-0.2, -0.15) is 0 Å². The smallest absolute Gasteiger partial charge is 0.407 e. The summed E-state index contributed by atoms with van der Waals surface area (Å²) in [6.45, 7) is 7.09. The summed E-state index contributed by atoms with van der Waals surface area (Å²) < 4.78 is 2.18. The van der Waals surface area contributed by atoms with Gasteiger partial charge in [0.1, 0.15) is 5.82 Å². The Morgan fingerprint density at radius 1 is 1.25 bits per heavy atom.